The van der Waals surface area contributed by atoms with E-state index in [2.05, 4.69) is 19.6 Å². The molecule has 7 heteroatoms. The summed E-state index contributed by atoms with van der Waals surface area (Å²) in [5.41, 5.74) is 0. The molecule has 0 fully saturated rings. The van der Waals surface area contributed by atoms with E-state index in [1.807, 2.05) is 43.4 Å². The van der Waals surface area contributed by atoms with Gasteiger partial charge in [-0.25, -0.2) is 0 Å². The van der Waals surface area contributed by atoms with Crippen LogP contribution in [0.4, 0.5) is 0 Å². The first-order chi connectivity index (χ1) is 9.14. The van der Waals surface area contributed by atoms with E-state index in [1.165, 1.54) is 0 Å². The van der Waals surface area contributed by atoms with Crippen molar-refractivity contribution in [2.45, 2.75) is 32.7 Å². The van der Waals surface area contributed by atoms with Crippen LogP contribution in [0.1, 0.15) is 0 Å². The molecule has 0 N–H and O–H groups in total. The first kappa shape index (κ1) is 17.8. The zero-order valence-corrected chi connectivity index (χ0v) is 16.5. The van der Waals surface area contributed by atoms with Gasteiger partial charge in [0.1, 0.15) is 0 Å². The minimum atomic E-state index is -2.94. The lowest BCUT2D eigenvalue weighted by molar-refractivity contribution is 0.186. The normalized spacial score (nSPS) is 15.9. The molecule has 0 heterocycles. The monoisotopic (exact) mass is 330 g/mol. The second-order valence-corrected chi connectivity index (χ2v) is 17.2. The molecule has 0 bridgehead atoms. The third kappa shape index (κ3) is 4.92. The van der Waals surface area contributed by atoms with Gasteiger partial charge in [-0.3, -0.25) is 0 Å². The molecule has 0 saturated heterocycles. The van der Waals surface area contributed by atoms with E-state index in [-0.39, 0.29) is 0 Å². The molecule has 0 amide bonds. The fourth-order valence-electron chi connectivity index (χ4n) is 1.75. The minimum Gasteiger partial charge on any atom is -0.413 e. The van der Waals surface area contributed by atoms with Crippen LogP contribution in [-0.2, 0) is 17.1 Å². The number of rotatable bonds is 7. The average Bonchev–Trinajstić information content (AvgIpc) is 2.37. The highest BCUT2D eigenvalue weighted by molar-refractivity contribution is 6.90. The number of benzene rings is 1. The van der Waals surface area contributed by atoms with E-state index in [0.717, 1.165) is 5.19 Å². The fraction of sp³-hybridized carbons (Fsp3) is 0.538. The molecule has 1 aromatic carbocycles. The molecule has 0 aromatic heterocycles. The lowest BCUT2D eigenvalue weighted by atomic mass is 10.4. The van der Waals surface area contributed by atoms with Crippen molar-refractivity contribution in [2.75, 3.05) is 14.2 Å². The van der Waals surface area contributed by atoms with E-state index >= 15 is 0 Å². The zero-order valence-electron chi connectivity index (χ0n) is 13.5. The highest BCUT2D eigenvalue weighted by atomic mass is 28.5. The average molecular weight is 331 g/mol. The SMILES string of the molecule is CO[Si](C)(C)O[Si](OC)(O[Si](C)(C)C)c1ccccc1. The maximum atomic E-state index is 6.39. The van der Waals surface area contributed by atoms with Crippen molar-refractivity contribution >= 4 is 30.9 Å². The third-order valence-corrected chi connectivity index (χ3v) is 11.8. The summed E-state index contributed by atoms with van der Waals surface area (Å²) in [6.45, 7) is 10.4. The Morgan fingerprint density at radius 1 is 0.750 bits per heavy atom. The van der Waals surface area contributed by atoms with Crippen LogP contribution in [0.15, 0.2) is 30.3 Å². The van der Waals surface area contributed by atoms with Gasteiger partial charge in [0.2, 0.25) is 0 Å². The fourth-order valence-corrected chi connectivity index (χ4v) is 10.9. The molecule has 114 valence electrons. The highest BCUT2D eigenvalue weighted by Crippen LogP contribution is 2.21. The van der Waals surface area contributed by atoms with Crippen molar-refractivity contribution < 1.29 is 17.1 Å². The largest absolute Gasteiger partial charge is 0.517 e. The van der Waals surface area contributed by atoms with Gasteiger partial charge in [0.15, 0.2) is 8.32 Å². The summed E-state index contributed by atoms with van der Waals surface area (Å²) in [6, 6.07) is 9.96. The Balaban J connectivity index is 3.23. The summed E-state index contributed by atoms with van der Waals surface area (Å²) in [5, 5.41) is 0.988. The Hall–Kier alpha value is -0.289. The molecule has 0 saturated carbocycles. The predicted octanol–water partition coefficient (Wildman–Crippen LogP) is 2.70. The summed E-state index contributed by atoms with van der Waals surface area (Å²) >= 11 is 0. The Kier molecular flexibility index (Phi) is 5.90. The first-order valence-electron chi connectivity index (χ1n) is 6.70. The smallest absolute Gasteiger partial charge is 0.413 e. The van der Waals surface area contributed by atoms with E-state index < -0.39 is 25.7 Å². The van der Waals surface area contributed by atoms with Crippen LogP contribution in [0.5, 0.6) is 0 Å². The van der Waals surface area contributed by atoms with E-state index in [0.29, 0.717) is 0 Å². The quantitative estimate of drug-likeness (QED) is 0.720. The Morgan fingerprint density at radius 3 is 1.70 bits per heavy atom. The summed E-state index contributed by atoms with van der Waals surface area (Å²) in [7, 11) is -3.70. The van der Waals surface area contributed by atoms with Crippen LogP contribution < -0.4 is 5.19 Å². The third-order valence-electron chi connectivity index (χ3n) is 2.71. The summed E-state index contributed by atoms with van der Waals surface area (Å²) < 4.78 is 24.1. The van der Waals surface area contributed by atoms with Crippen molar-refractivity contribution in [1.82, 2.24) is 0 Å². The summed E-state index contributed by atoms with van der Waals surface area (Å²) in [6.07, 6.45) is 0. The van der Waals surface area contributed by atoms with Crippen LogP contribution >= 0.6 is 0 Å². The molecule has 0 radical (unpaired) electrons. The standard InChI is InChI=1S/C13H26O4Si3/c1-14-19(6,7)17-20(15-2,16-18(3,4)5)13-11-9-8-10-12-13/h8-12H,1-7H3. The van der Waals surface area contributed by atoms with Gasteiger partial charge in [-0.1, -0.05) is 30.3 Å². The molecule has 1 rings (SSSR count). The molecule has 1 unspecified atom stereocenters. The second-order valence-electron chi connectivity index (χ2n) is 6.05. The van der Waals surface area contributed by atoms with Gasteiger partial charge in [-0.2, -0.15) is 0 Å². The Labute approximate surface area is 125 Å². The molecule has 0 spiro atoms. The summed E-state index contributed by atoms with van der Waals surface area (Å²) in [4.78, 5) is 0. The van der Waals surface area contributed by atoms with Gasteiger partial charge in [0, 0.05) is 19.4 Å². The van der Waals surface area contributed by atoms with Gasteiger partial charge >= 0.3 is 17.4 Å². The van der Waals surface area contributed by atoms with E-state index in [9.17, 15) is 0 Å². The van der Waals surface area contributed by atoms with Crippen molar-refractivity contribution in [2.24, 2.45) is 0 Å². The van der Waals surface area contributed by atoms with Crippen LogP contribution in [0.2, 0.25) is 32.7 Å². The van der Waals surface area contributed by atoms with Crippen LogP contribution in [-0.4, -0.2) is 39.9 Å². The highest BCUT2D eigenvalue weighted by Gasteiger charge is 2.50. The lowest BCUT2D eigenvalue weighted by Gasteiger charge is -2.38. The lowest BCUT2D eigenvalue weighted by Crippen LogP contribution is -2.64. The Bertz CT molecular complexity index is 419. The molecule has 20 heavy (non-hydrogen) atoms. The molecule has 0 aliphatic rings. The van der Waals surface area contributed by atoms with Gasteiger partial charge < -0.3 is 17.1 Å². The van der Waals surface area contributed by atoms with Crippen molar-refractivity contribution in [1.29, 1.82) is 0 Å². The van der Waals surface area contributed by atoms with E-state index in [4.69, 9.17) is 17.1 Å². The van der Waals surface area contributed by atoms with Crippen LogP contribution in [0, 0.1) is 0 Å². The first-order valence-corrected chi connectivity index (χ1v) is 14.7. The maximum Gasteiger partial charge on any atom is 0.517 e. The van der Waals surface area contributed by atoms with Crippen molar-refractivity contribution in [3.05, 3.63) is 30.3 Å². The van der Waals surface area contributed by atoms with Gasteiger partial charge in [0.25, 0.3) is 0 Å². The van der Waals surface area contributed by atoms with Crippen LogP contribution in [0.25, 0.3) is 0 Å². The Morgan fingerprint density at radius 2 is 1.30 bits per heavy atom. The topological polar surface area (TPSA) is 36.9 Å². The van der Waals surface area contributed by atoms with Gasteiger partial charge in [-0.15, -0.1) is 0 Å². The maximum absolute atomic E-state index is 6.39. The zero-order chi connectivity index (χ0) is 15.4. The number of hydrogen-bond donors (Lipinski definition) is 0. The van der Waals surface area contributed by atoms with Crippen molar-refractivity contribution in [3.8, 4) is 0 Å². The molecule has 0 aliphatic carbocycles. The molecular formula is C13H26O4Si3. The minimum absolute atomic E-state index is 0.988. The molecule has 1 atom stereocenters. The van der Waals surface area contributed by atoms with Gasteiger partial charge in [-0.05, 0) is 32.7 Å². The van der Waals surface area contributed by atoms with Crippen LogP contribution in [0.3, 0.4) is 0 Å². The predicted molar refractivity (Wildman–Crippen MR) is 88.8 cm³/mol. The van der Waals surface area contributed by atoms with E-state index in [1.54, 1.807) is 14.2 Å². The van der Waals surface area contributed by atoms with Crippen molar-refractivity contribution in [3.63, 3.8) is 0 Å². The van der Waals surface area contributed by atoms with Gasteiger partial charge in [0.05, 0.1) is 0 Å². The molecule has 1 aromatic rings. The molecule has 4 nitrogen and oxygen atoms in total. The second kappa shape index (κ2) is 6.65. The molecular weight excluding hydrogens is 304 g/mol. The molecule has 0 aliphatic heterocycles. The number of hydrogen-bond acceptors (Lipinski definition) is 4. The summed E-state index contributed by atoms with van der Waals surface area (Å²) in [5.74, 6) is 0.